The van der Waals surface area contributed by atoms with Gasteiger partial charge in [0.15, 0.2) is 0 Å². The molecule has 0 N–H and O–H groups in total. The van der Waals surface area contributed by atoms with E-state index in [2.05, 4.69) is 0 Å². The maximum Gasteiger partial charge on any atom is 0.416 e. The van der Waals surface area contributed by atoms with E-state index in [1.807, 2.05) is 0 Å². The van der Waals surface area contributed by atoms with Gasteiger partial charge in [-0.3, -0.25) is 14.9 Å². The number of benzene rings is 2. The summed E-state index contributed by atoms with van der Waals surface area (Å²) in [6.07, 6.45) is -1.65. The van der Waals surface area contributed by atoms with E-state index in [0.29, 0.717) is 23.1 Å². The van der Waals surface area contributed by atoms with E-state index in [9.17, 15) is 28.1 Å². The first-order chi connectivity index (χ1) is 15.6. The van der Waals surface area contributed by atoms with E-state index >= 15 is 0 Å². The second kappa shape index (κ2) is 9.80. The fourth-order valence-corrected chi connectivity index (χ4v) is 3.50. The van der Waals surface area contributed by atoms with Crippen molar-refractivity contribution in [1.82, 2.24) is 4.90 Å². The Morgan fingerprint density at radius 2 is 1.76 bits per heavy atom. The van der Waals surface area contributed by atoms with Crippen molar-refractivity contribution in [2.45, 2.75) is 6.18 Å². The molecule has 0 aliphatic carbocycles. The normalized spacial score (nSPS) is 14.5. The first-order valence-electron chi connectivity index (χ1n) is 9.93. The van der Waals surface area contributed by atoms with Crippen LogP contribution in [0.3, 0.4) is 0 Å². The van der Waals surface area contributed by atoms with Crippen molar-refractivity contribution < 1.29 is 32.4 Å². The standard InChI is InChI=1S/C22H22F3N3O5/c1-32-17-6-3-15(20(14-17)33-2)4-8-21(29)27-11-9-26(10-12-27)18-7-5-16(22(23,24)25)13-19(18)28(30)31/h3-8,13-14H,9-12H2,1-2H3. The number of alkyl halides is 3. The molecule has 8 nitrogen and oxygen atoms in total. The predicted octanol–water partition coefficient (Wildman–Crippen LogP) is 3.99. The first-order valence-corrected chi connectivity index (χ1v) is 9.93. The maximum atomic E-state index is 12.9. The molecule has 0 saturated carbocycles. The lowest BCUT2D eigenvalue weighted by atomic mass is 10.1. The molecule has 1 amide bonds. The van der Waals surface area contributed by atoms with Gasteiger partial charge in [0.05, 0.1) is 24.7 Å². The van der Waals surface area contributed by atoms with Gasteiger partial charge in [-0.05, 0) is 30.3 Å². The van der Waals surface area contributed by atoms with Crippen LogP contribution in [0.25, 0.3) is 6.08 Å². The van der Waals surface area contributed by atoms with Crippen LogP contribution in [0.2, 0.25) is 0 Å². The second-order valence-electron chi connectivity index (χ2n) is 7.21. The summed E-state index contributed by atoms with van der Waals surface area (Å²) in [4.78, 5) is 26.3. The molecule has 33 heavy (non-hydrogen) atoms. The average Bonchev–Trinajstić information content (AvgIpc) is 2.81. The van der Waals surface area contributed by atoms with E-state index < -0.39 is 22.4 Å². The van der Waals surface area contributed by atoms with Crippen LogP contribution in [-0.2, 0) is 11.0 Å². The van der Waals surface area contributed by atoms with Gasteiger partial charge in [0.2, 0.25) is 5.91 Å². The van der Waals surface area contributed by atoms with E-state index in [4.69, 9.17) is 9.47 Å². The van der Waals surface area contributed by atoms with Crippen molar-refractivity contribution in [2.75, 3.05) is 45.3 Å². The van der Waals surface area contributed by atoms with Crippen molar-refractivity contribution in [3.8, 4) is 11.5 Å². The van der Waals surface area contributed by atoms with Crippen LogP contribution in [0.15, 0.2) is 42.5 Å². The number of amides is 1. The SMILES string of the molecule is COc1ccc(C=CC(=O)N2CCN(c3ccc(C(F)(F)F)cc3[N+](=O)[O-])CC2)c(OC)c1. The lowest BCUT2D eigenvalue weighted by Gasteiger charge is -2.35. The van der Waals surface area contributed by atoms with Gasteiger partial charge < -0.3 is 19.3 Å². The number of nitro benzene ring substituents is 1. The molecule has 1 saturated heterocycles. The van der Waals surface area contributed by atoms with Gasteiger partial charge >= 0.3 is 6.18 Å². The molecule has 1 aliphatic heterocycles. The molecule has 0 unspecified atom stereocenters. The molecule has 1 aliphatic rings. The zero-order valence-corrected chi connectivity index (χ0v) is 18.0. The van der Waals surface area contributed by atoms with Crippen molar-refractivity contribution in [3.63, 3.8) is 0 Å². The van der Waals surface area contributed by atoms with Crippen molar-refractivity contribution in [2.24, 2.45) is 0 Å². The quantitative estimate of drug-likeness (QED) is 0.364. The van der Waals surface area contributed by atoms with Crippen molar-refractivity contribution in [1.29, 1.82) is 0 Å². The summed E-state index contributed by atoms with van der Waals surface area (Å²) in [7, 11) is 3.04. The summed E-state index contributed by atoms with van der Waals surface area (Å²) >= 11 is 0. The monoisotopic (exact) mass is 465 g/mol. The maximum absolute atomic E-state index is 12.9. The largest absolute Gasteiger partial charge is 0.497 e. The number of hydrogen-bond donors (Lipinski definition) is 0. The molecule has 3 rings (SSSR count). The van der Waals surface area contributed by atoms with E-state index in [1.54, 1.807) is 34.1 Å². The minimum absolute atomic E-state index is 0.0959. The number of methoxy groups -OCH3 is 2. The van der Waals surface area contributed by atoms with Gasteiger partial charge in [-0.15, -0.1) is 0 Å². The number of anilines is 1. The minimum Gasteiger partial charge on any atom is -0.497 e. The highest BCUT2D eigenvalue weighted by molar-refractivity contribution is 5.92. The molecule has 176 valence electrons. The van der Waals surface area contributed by atoms with Crippen molar-refractivity contribution in [3.05, 3.63) is 63.7 Å². The van der Waals surface area contributed by atoms with E-state index in [1.165, 1.54) is 20.3 Å². The summed E-state index contributed by atoms with van der Waals surface area (Å²) in [6, 6.07) is 7.66. The molecular weight excluding hydrogens is 443 g/mol. The van der Waals surface area contributed by atoms with E-state index in [0.717, 1.165) is 12.1 Å². The molecule has 2 aromatic carbocycles. The van der Waals surface area contributed by atoms with Crippen LogP contribution in [0.5, 0.6) is 11.5 Å². The number of piperazine rings is 1. The fourth-order valence-electron chi connectivity index (χ4n) is 3.50. The third-order valence-corrected chi connectivity index (χ3v) is 5.28. The molecule has 1 heterocycles. The van der Waals surface area contributed by atoms with Gasteiger partial charge in [-0.25, -0.2) is 0 Å². The van der Waals surface area contributed by atoms with Gasteiger partial charge in [-0.2, -0.15) is 13.2 Å². The number of nitrogens with zero attached hydrogens (tertiary/aromatic N) is 3. The Morgan fingerprint density at radius 1 is 1.06 bits per heavy atom. The molecule has 0 radical (unpaired) electrons. The van der Waals surface area contributed by atoms with Gasteiger partial charge in [0.25, 0.3) is 5.69 Å². The number of halogens is 3. The Morgan fingerprint density at radius 3 is 2.33 bits per heavy atom. The Balaban J connectivity index is 1.68. The summed E-state index contributed by atoms with van der Waals surface area (Å²) in [5, 5.41) is 11.3. The third kappa shape index (κ3) is 5.54. The second-order valence-corrected chi connectivity index (χ2v) is 7.21. The van der Waals surface area contributed by atoms with Gasteiger partial charge in [0.1, 0.15) is 17.2 Å². The Labute approximate surface area is 188 Å². The smallest absolute Gasteiger partial charge is 0.416 e. The number of nitro groups is 1. The van der Waals surface area contributed by atoms with Crippen LogP contribution in [0, 0.1) is 10.1 Å². The number of ether oxygens (including phenoxy) is 2. The number of carbonyl (C=O) groups is 1. The minimum atomic E-state index is -4.67. The summed E-state index contributed by atoms with van der Waals surface area (Å²) < 4.78 is 49.2. The molecule has 0 bridgehead atoms. The summed E-state index contributed by atoms with van der Waals surface area (Å²) in [5.74, 6) is 0.899. The van der Waals surface area contributed by atoms with Crippen LogP contribution in [0.4, 0.5) is 24.5 Å². The highest BCUT2D eigenvalue weighted by Gasteiger charge is 2.34. The molecule has 0 spiro atoms. The lowest BCUT2D eigenvalue weighted by Crippen LogP contribution is -2.48. The molecular formula is C22H22F3N3O5. The number of hydrogen-bond acceptors (Lipinski definition) is 6. The molecule has 1 fully saturated rings. The number of rotatable bonds is 6. The van der Waals surface area contributed by atoms with Crippen LogP contribution < -0.4 is 14.4 Å². The van der Waals surface area contributed by atoms with Crippen LogP contribution in [-0.4, -0.2) is 56.1 Å². The fraction of sp³-hybridized carbons (Fsp3) is 0.318. The topological polar surface area (TPSA) is 85.2 Å². The Hall–Kier alpha value is -3.76. The van der Waals surface area contributed by atoms with Crippen LogP contribution >= 0.6 is 0 Å². The highest BCUT2D eigenvalue weighted by atomic mass is 19.4. The predicted molar refractivity (Wildman–Crippen MR) is 115 cm³/mol. The number of carbonyl (C=O) groups excluding carboxylic acids is 1. The summed E-state index contributed by atoms with van der Waals surface area (Å²) in [5.41, 5.74) is -0.911. The third-order valence-electron chi connectivity index (χ3n) is 5.28. The lowest BCUT2D eigenvalue weighted by molar-refractivity contribution is -0.384. The average molecular weight is 465 g/mol. The molecule has 2 aromatic rings. The van der Waals surface area contributed by atoms with Crippen LogP contribution in [0.1, 0.15) is 11.1 Å². The zero-order chi connectivity index (χ0) is 24.2. The molecule has 11 heteroatoms. The Kier molecular flexibility index (Phi) is 7.10. The highest BCUT2D eigenvalue weighted by Crippen LogP contribution is 2.36. The molecule has 0 aromatic heterocycles. The zero-order valence-electron chi connectivity index (χ0n) is 18.0. The summed E-state index contributed by atoms with van der Waals surface area (Å²) in [6.45, 7) is 1.03. The van der Waals surface area contributed by atoms with Gasteiger partial charge in [0, 0.05) is 50.0 Å². The van der Waals surface area contributed by atoms with E-state index in [-0.39, 0.29) is 37.8 Å². The first kappa shape index (κ1) is 23.9. The molecule has 0 atom stereocenters. The van der Waals surface area contributed by atoms with Crippen molar-refractivity contribution >= 4 is 23.4 Å². The van der Waals surface area contributed by atoms with Gasteiger partial charge in [-0.1, -0.05) is 0 Å². The Bertz CT molecular complexity index is 1060.